The predicted molar refractivity (Wildman–Crippen MR) is 36.0 cm³/mol. The zero-order chi connectivity index (χ0) is 7.72. The highest BCUT2D eigenvalue weighted by molar-refractivity contribution is 5.14. The van der Waals surface area contributed by atoms with Gasteiger partial charge in [0.2, 0.25) is 6.29 Å². The molecule has 0 spiro atoms. The first-order chi connectivity index (χ1) is 4.66. The number of aliphatic hydroxyl groups excluding tert-OH is 2. The summed E-state index contributed by atoms with van der Waals surface area (Å²) in [5.41, 5.74) is 0.940. The van der Waals surface area contributed by atoms with Crippen molar-refractivity contribution >= 4 is 0 Å². The first-order valence-electron chi connectivity index (χ1n) is 3.32. The van der Waals surface area contributed by atoms with Crippen LogP contribution < -0.4 is 0 Å². The average Bonchev–Trinajstić information content (AvgIpc) is 2.17. The van der Waals surface area contributed by atoms with Crippen molar-refractivity contribution in [1.82, 2.24) is 0 Å². The lowest BCUT2D eigenvalue weighted by Gasteiger charge is -2.08. The Kier molecular flexibility index (Phi) is 1.97. The van der Waals surface area contributed by atoms with Gasteiger partial charge in [0.1, 0.15) is 12.4 Å². The average molecular weight is 144 g/mol. The van der Waals surface area contributed by atoms with Crippen LogP contribution in [0.5, 0.6) is 0 Å². The molecule has 0 aromatic heterocycles. The number of aliphatic hydroxyl groups is 2. The van der Waals surface area contributed by atoms with E-state index in [2.05, 4.69) is 0 Å². The van der Waals surface area contributed by atoms with E-state index in [1.807, 2.05) is 13.8 Å². The first-order valence-corrected chi connectivity index (χ1v) is 3.32. The smallest absolute Gasteiger partial charge is 0.203 e. The van der Waals surface area contributed by atoms with E-state index in [1.165, 1.54) is 0 Å². The lowest BCUT2D eigenvalue weighted by molar-refractivity contribution is -0.0743. The lowest BCUT2D eigenvalue weighted by atomic mass is 10.0. The summed E-state index contributed by atoms with van der Waals surface area (Å²) in [5, 5.41) is 17.8. The summed E-state index contributed by atoms with van der Waals surface area (Å²) in [6.07, 6.45) is -0.762. The van der Waals surface area contributed by atoms with Gasteiger partial charge in [0.05, 0.1) is 0 Å². The van der Waals surface area contributed by atoms with Crippen LogP contribution in [-0.2, 0) is 4.74 Å². The molecule has 0 aliphatic carbocycles. The van der Waals surface area contributed by atoms with E-state index in [0.717, 1.165) is 5.57 Å². The fourth-order valence-corrected chi connectivity index (χ4v) is 0.971. The molecule has 1 rings (SSSR count). The molecular weight excluding hydrogens is 132 g/mol. The molecule has 1 unspecified atom stereocenters. The number of rotatable bonds is 1. The summed E-state index contributed by atoms with van der Waals surface area (Å²) in [5.74, 6) is 0.530. The summed E-state index contributed by atoms with van der Waals surface area (Å²) in [7, 11) is 0. The monoisotopic (exact) mass is 144 g/mol. The molecule has 1 aliphatic rings. The van der Waals surface area contributed by atoms with Crippen LogP contribution >= 0.6 is 0 Å². The Labute approximate surface area is 59.9 Å². The summed E-state index contributed by atoms with van der Waals surface area (Å²) in [6.45, 7) is 3.60. The topological polar surface area (TPSA) is 49.7 Å². The summed E-state index contributed by atoms with van der Waals surface area (Å²) in [4.78, 5) is 0. The van der Waals surface area contributed by atoms with Crippen LogP contribution in [0.2, 0.25) is 0 Å². The second-order valence-corrected chi connectivity index (χ2v) is 2.56. The van der Waals surface area contributed by atoms with E-state index in [0.29, 0.717) is 5.76 Å². The van der Waals surface area contributed by atoms with Crippen molar-refractivity contribution in [3.8, 4) is 0 Å². The standard InChI is InChI=1S/C7H12O3/c1-4-5(2)7(9)10-6(4)3-8/h5,7-9H,3H2,1-2H3/t5?,7-/m1/s1. The summed E-state index contributed by atoms with van der Waals surface area (Å²) < 4.78 is 4.92. The summed E-state index contributed by atoms with van der Waals surface area (Å²) >= 11 is 0. The van der Waals surface area contributed by atoms with Gasteiger partial charge in [0.15, 0.2) is 0 Å². The Morgan fingerprint density at radius 1 is 1.60 bits per heavy atom. The maximum absolute atomic E-state index is 9.09. The Balaban J connectivity index is 2.73. The number of hydrogen-bond acceptors (Lipinski definition) is 3. The van der Waals surface area contributed by atoms with Gasteiger partial charge in [-0.1, -0.05) is 6.92 Å². The van der Waals surface area contributed by atoms with Crippen molar-refractivity contribution in [3.05, 3.63) is 11.3 Å². The van der Waals surface area contributed by atoms with E-state index >= 15 is 0 Å². The Hall–Kier alpha value is -0.540. The van der Waals surface area contributed by atoms with E-state index in [1.54, 1.807) is 0 Å². The fourth-order valence-electron chi connectivity index (χ4n) is 0.971. The maximum atomic E-state index is 9.09. The van der Waals surface area contributed by atoms with Crippen LogP contribution in [-0.4, -0.2) is 23.1 Å². The van der Waals surface area contributed by atoms with Crippen LogP contribution in [0.25, 0.3) is 0 Å². The van der Waals surface area contributed by atoms with Gasteiger partial charge < -0.3 is 14.9 Å². The molecule has 0 amide bonds. The molecule has 0 bridgehead atoms. The van der Waals surface area contributed by atoms with E-state index < -0.39 is 6.29 Å². The van der Waals surface area contributed by atoms with Gasteiger partial charge in [0.25, 0.3) is 0 Å². The van der Waals surface area contributed by atoms with Crippen molar-refractivity contribution in [2.24, 2.45) is 5.92 Å². The normalized spacial score (nSPS) is 32.8. The Morgan fingerprint density at radius 2 is 2.20 bits per heavy atom. The van der Waals surface area contributed by atoms with E-state index in [9.17, 15) is 0 Å². The zero-order valence-corrected chi connectivity index (χ0v) is 6.16. The summed E-state index contributed by atoms with van der Waals surface area (Å²) in [6, 6.07) is 0. The molecule has 0 fully saturated rings. The molecule has 0 aromatic rings. The molecule has 3 nitrogen and oxygen atoms in total. The van der Waals surface area contributed by atoms with Crippen LogP contribution in [0.1, 0.15) is 13.8 Å². The van der Waals surface area contributed by atoms with Crippen LogP contribution in [0.4, 0.5) is 0 Å². The van der Waals surface area contributed by atoms with Crippen molar-refractivity contribution in [2.45, 2.75) is 20.1 Å². The fraction of sp³-hybridized carbons (Fsp3) is 0.714. The highest BCUT2D eigenvalue weighted by Crippen LogP contribution is 2.28. The highest BCUT2D eigenvalue weighted by Gasteiger charge is 2.28. The zero-order valence-electron chi connectivity index (χ0n) is 6.16. The van der Waals surface area contributed by atoms with Crippen molar-refractivity contribution < 1.29 is 14.9 Å². The van der Waals surface area contributed by atoms with Crippen LogP contribution in [0.15, 0.2) is 11.3 Å². The van der Waals surface area contributed by atoms with Crippen molar-refractivity contribution in [3.63, 3.8) is 0 Å². The minimum absolute atomic E-state index is 0.0159. The van der Waals surface area contributed by atoms with Crippen molar-refractivity contribution in [1.29, 1.82) is 0 Å². The van der Waals surface area contributed by atoms with Gasteiger partial charge in [-0.25, -0.2) is 0 Å². The first kappa shape index (κ1) is 7.57. The van der Waals surface area contributed by atoms with Gasteiger partial charge in [-0.15, -0.1) is 0 Å². The molecule has 2 atom stereocenters. The van der Waals surface area contributed by atoms with Gasteiger partial charge in [0, 0.05) is 5.92 Å². The molecule has 0 aromatic carbocycles. The largest absolute Gasteiger partial charge is 0.466 e. The minimum Gasteiger partial charge on any atom is -0.466 e. The van der Waals surface area contributed by atoms with E-state index in [-0.39, 0.29) is 12.5 Å². The predicted octanol–water partition coefficient (Wildman–Crippen LogP) is 0.237. The third kappa shape index (κ3) is 1.02. The quantitative estimate of drug-likeness (QED) is 0.554. The van der Waals surface area contributed by atoms with E-state index in [4.69, 9.17) is 14.9 Å². The lowest BCUT2D eigenvalue weighted by Crippen LogP contribution is -2.13. The molecule has 1 heterocycles. The molecule has 58 valence electrons. The van der Waals surface area contributed by atoms with Crippen molar-refractivity contribution in [2.75, 3.05) is 6.61 Å². The molecular formula is C7H12O3. The Morgan fingerprint density at radius 3 is 2.40 bits per heavy atom. The number of ether oxygens (including phenoxy) is 1. The third-order valence-electron chi connectivity index (χ3n) is 1.96. The molecule has 0 saturated heterocycles. The molecule has 0 radical (unpaired) electrons. The molecule has 10 heavy (non-hydrogen) atoms. The van der Waals surface area contributed by atoms with Gasteiger partial charge in [-0.2, -0.15) is 0 Å². The SMILES string of the molecule is CC1=C(CO)O[C@@H](O)C1C. The highest BCUT2D eigenvalue weighted by atomic mass is 16.6. The van der Waals surface area contributed by atoms with Gasteiger partial charge in [-0.05, 0) is 12.5 Å². The van der Waals surface area contributed by atoms with Crippen LogP contribution in [0, 0.1) is 5.92 Å². The van der Waals surface area contributed by atoms with Gasteiger partial charge in [-0.3, -0.25) is 0 Å². The molecule has 2 N–H and O–H groups in total. The third-order valence-corrected chi connectivity index (χ3v) is 1.96. The number of hydrogen-bond donors (Lipinski definition) is 2. The molecule has 1 aliphatic heterocycles. The second kappa shape index (κ2) is 2.60. The molecule has 0 saturated carbocycles. The second-order valence-electron chi connectivity index (χ2n) is 2.56. The molecule has 3 heteroatoms. The van der Waals surface area contributed by atoms with Crippen LogP contribution in [0.3, 0.4) is 0 Å². The minimum atomic E-state index is -0.762. The Bertz CT molecular complexity index is 162. The van der Waals surface area contributed by atoms with Gasteiger partial charge >= 0.3 is 0 Å². The maximum Gasteiger partial charge on any atom is 0.203 e.